The topological polar surface area (TPSA) is 48.1 Å². The number of ether oxygens (including phenoxy) is 1. The maximum atomic E-state index is 13.5. The number of hydrogen-bond donors (Lipinski definition) is 1. The van der Waals surface area contributed by atoms with Crippen molar-refractivity contribution in [1.82, 2.24) is 4.98 Å². The number of nitrogen functional groups attached to an aromatic ring is 1. The molecule has 0 saturated carbocycles. The van der Waals surface area contributed by atoms with E-state index in [9.17, 15) is 4.39 Å². The second-order valence-corrected chi connectivity index (χ2v) is 4.42. The first-order valence-corrected chi connectivity index (χ1v) is 5.70. The summed E-state index contributed by atoms with van der Waals surface area (Å²) in [6, 6.07) is 5.98. The van der Waals surface area contributed by atoms with Gasteiger partial charge in [0.05, 0.1) is 0 Å². The largest absolute Gasteiger partial charge is 0.436 e. The molecule has 0 spiro atoms. The number of pyridine rings is 1. The van der Waals surface area contributed by atoms with Crippen molar-refractivity contribution in [3.8, 4) is 11.6 Å². The van der Waals surface area contributed by atoms with E-state index >= 15 is 0 Å². The highest BCUT2D eigenvalue weighted by molar-refractivity contribution is 9.10. The Labute approximate surface area is 107 Å². The minimum Gasteiger partial charge on any atom is -0.436 e. The summed E-state index contributed by atoms with van der Waals surface area (Å²) >= 11 is 3.33. The molecule has 0 amide bonds. The molecular weight excluding hydrogens is 287 g/mol. The van der Waals surface area contributed by atoms with Crippen LogP contribution in [0, 0.1) is 12.7 Å². The normalized spacial score (nSPS) is 10.3. The van der Waals surface area contributed by atoms with E-state index in [-0.39, 0.29) is 5.75 Å². The highest BCUT2D eigenvalue weighted by atomic mass is 79.9. The minimum absolute atomic E-state index is 0.105. The van der Waals surface area contributed by atoms with Crippen LogP contribution in [-0.4, -0.2) is 4.98 Å². The molecule has 1 heterocycles. The van der Waals surface area contributed by atoms with Gasteiger partial charge < -0.3 is 10.5 Å². The highest BCUT2D eigenvalue weighted by Gasteiger charge is 2.07. The molecule has 0 aliphatic rings. The summed E-state index contributed by atoms with van der Waals surface area (Å²) in [5.74, 6) is -0.0600. The first-order valence-electron chi connectivity index (χ1n) is 4.91. The quantitative estimate of drug-likeness (QED) is 0.860. The van der Waals surface area contributed by atoms with Gasteiger partial charge >= 0.3 is 0 Å². The molecule has 0 radical (unpaired) electrons. The Kier molecular flexibility index (Phi) is 3.28. The Hall–Kier alpha value is -1.62. The molecular formula is C12H10BrFN2O. The number of anilines is 1. The summed E-state index contributed by atoms with van der Waals surface area (Å²) in [6.07, 6.45) is 1.61. The van der Waals surface area contributed by atoms with Crippen LogP contribution >= 0.6 is 15.9 Å². The fourth-order valence-corrected chi connectivity index (χ4v) is 1.50. The van der Waals surface area contributed by atoms with Crippen LogP contribution in [0.2, 0.25) is 0 Å². The number of halogens is 2. The van der Waals surface area contributed by atoms with Gasteiger partial charge in [-0.2, -0.15) is 0 Å². The van der Waals surface area contributed by atoms with Gasteiger partial charge in [0.25, 0.3) is 0 Å². The zero-order valence-electron chi connectivity index (χ0n) is 9.08. The molecule has 3 nitrogen and oxygen atoms in total. The van der Waals surface area contributed by atoms with Gasteiger partial charge in [0.2, 0.25) is 5.88 Å². The summed E-state index contributed by atoms with van der Waals surface area (Å²) in [4.78, 5) is 4.03. The van der Waals surface area contributed by atoms with Crippen molar-refractivity contribution in [1.29, 1.82) is 0 Å². The fourth-order valence-electron chi connectivity index (χ4n) is 1.28. The van der Waals surface area contributed by atoms with E-state index in [1.165, 1.54) is 12.1 Å². The first-order chi connectivity index (χ1) is 8.06. The molecule has 1 aromatic carbocycles. The average Bonchev–Trinajstić information content (AvgIpc) is 2.27. The minimum atomic E-state index is -0.507. The summed E-state index contributed by atoms with van der Waals surface area (Å²) in [6.45, 7) is 1.90. The Bertz CT molecular complexity index is 560. The van der Waals surface area contributed by atoms with E-state index in [0.717, 1.165) is 10.0 Å². The van der Waals surface area contributed by atoms with Gasteiger partial charge in [0.15, 0.2) is 11.6 Å². The van der Waals surface area contributed by atoms with E-state index < -0.39 is 5.82 Å². The standard InChI is InChI=1S/C12H10BrFN2O/c1-7-4-12(16-6-9(7)13)17-11-3-2-8(15)5-10(11)14/h2-6H,15H2,1H3. The van der Waals surface area contributed by atoms with Crippen molar-refractivity contribution in [3.05, 3.63) is 46.3 Å². The molecule has 0 bridgehead atoms. The van der Waals surface area contributed by atoms with E-state index in [4.69, 9.17) is 10.5 Å². The lowest BCUT2D eigenvalue weighted by Crippen LogP contribution is -1.93. The molecule has 2 aromatic rings. The number of nitrogens with two attached hydrogens (primary N) is 1. The molecule has 0 aliphatic carbocycles. The predicted molar refractivity (Wildman–Crippen MR) is 67.6 cm³/mol. The zero-order valence-corrected chi connectivity index (χ0v) is 10.7. The zero-order chi connectivity index (χ0) is 12.4. The number of benzene rings is 1. The van der Waals surface area contributed by atoms with Crippen LogP contribution in [0.4, 0.5) is 10.1 Å². The molecule has 0 aliphatic heterocycles. The molecule has 88 valence electrons. The van der Waals surface area contributed by atoms with Gasteiger partial charge in [0.1, 0.15) is 0 Å². The molecule has 17 heavy (non-hydrogen) atoms. The molecule has 1 aromatic heterocycles. The molecule has 0 atom stereocenters. The molecule has 0 fully saturated rings. The summed E-state index contributed by atoms with van der Waals surface area (Å²) in [7, 11) is 0. The Morgan fingerprint density at radius 1 is 1.35 bits per heavy atom. The van der Waals surface area contributed by atoms with Gasteiger partial charge in [-0.05, 0) is 40.5 Å². The third-order valence-electron chi connectivity index (χ3n) is 2.19. The van der Waals surface area contributed by atoms with Crippen molar-refractivity contribution in [2.24, 2.45) is 0 Å². The van der Waals surface area contributed by atoms with Crippen LogP contribution in [0.3, 0.4) is 0 Å². The number of aryl methyl sites for hydroxylation is 1. The van der Waals surface area contributed by atoms with Crippen molar-refractivity contribution in [2.75, 3.05) is 5.73 Å². The predicted octanol–water partition coefficient (Wildman–Crippen LogP) is 3.67. The van der Waals surface area contributed by atoms with Gasteiger partial charge in [-0.15, -0.1) is 0 Å². The number of nitrogens with zero attached hydrogens (tertiary/aromatic N) is 1. The van der Waals surface area contributed by atoms with Crippen LogP contribution in [0.25, 0.3) is 0 Å². The summed E-state index contributed by atoms with van der Waals surface area (Å²) in [5, 5.41) is 0. The lowest BCUT2D eigenvalue weighted by molar-refractivity contribution is 0.427. The summed E-state index contributed by atoms with van der Waals surface area (Å²) < 4.78 is 19.7. The smallest absolute Gasteiger partial charge is 0.219 e. The van der Waals surface area contributed by atoms with Crippen molar-refractivity contribution >= 4 is 21.6 Å². The maximum Gasteiger partial charge on any atom is 0.219 e. The molecule has 5 heteroatoms. The number of aromatic nitrogens is 1. The SMILES string of the molecule is Cc1cc(Oc2ccc(N)cc2F)ncc1Br. The Morgan fingerprint density at radius 3 is 2.76 bits per heavy atom. The lowest BCUT2D eigenvalue weighted by atomic mass is 10.3. The molecule has 2 N–H and O–H groups in total. The lowest BCUT2D eigenvalue weighted by Gasteiger charge is -2.07. The average molecular weight is 297 g/mol. The highest BCUT2D eigenvalue weighted by Crippen LogP contribution is 2.26. The number of rotatable bonds is 2. The Balaban J connectivity index is 2.28. The van der Waals surface area contributed by atoms with Crippen molar-refractivity contribution in [3.63, 3.8) is 0 Å². The van der Waals surface area contributed by atoms with Gasteiger partial charge in [-0.1, -0.05) is 0 Å². The van der Waals surface area contributed by atoms with Gasteiger partial charge in [0, 0.05) is 28.5 Å². The van der Waals surface area contributed by atoms with E-state index in [2.05, 4.69) is 20.9 Å². The second-order valence-electron chi connectivity index (χ2n) is 3.56. The van der Waals surface area contributed by atoms with E-state index in [0.29, 0.717) is 11.6 Å². The number of hydrogen-bond acceptors (Lipinski definition) is 3. The van der Waals surface area contributed by atoms with E-state index in [1.807, 2.05) is 6.92 Å². The third kappa shape index (κ3) is 2.74. The molecule has 0 unspecified atom stereocenters. The molecule has 2 rings (SSSR count). The van der Waals surface area contributed by atoms with Crippen LogP contribution in [-0.2, 0) is 0 Å². The first kappa shape index (κ1) is 11.9. The monoisotopic (exact) mass is 296 g/mol. The van der Waals surface area contributed by atoms with Crippen LogP contribution in [0.5, 0.6) is 11.6 Å². The Morgan fingerprint density at radius 2 is 2.12 bits per heavy atom. The fraction of sp³-hybridized carbons (Fsp3) is 0.0833. The van der Waals surface area contributed by atoms with Crippen LogP contribution in [0.15, 0.2) is 34.9 Å². The van der Waals surface area contributed by atoms with Gasteiger partial charge in [-0.3, -0.25) is 0 Å². The van der Waals surface area contributed by atoms with Crippen LogP contribution in [0.1, 0.15) is 5.56 Å². The molecule has 0 saturated heterocycles. The van der Waals surface area contributed by atoms with Crippen LogP contribution < -0.4 is 10.5 Å². The van der Waals surface area contributed by atoms with Crippen molar-refractivity contribution in [2.45, 2.75) is 6.92 Å². The maximum absolute atomic E-state index is 13.5. The van der Waals surface area contributed by atoms with Gasteiger partial charge in [-0.25, -0.2) is 9.37 Å². The second kappa shape index (κ2) is 4.71. The summed E-state index contributed by atoms with van der Waals surface area (Å²) in [5.41, 5.74) is 6.77. The van der Waals surface area contributed by atoms with Crippen molar-refractivity contribution < 1.29 is 9.13 Å². The van der Waals surface area contributed by atoms with E-state index in [1.54, 1.807) is 18.3 Å². The third-order valence-corrected chi connectivity index (χ3v) is 3.02.